The predicted molar refractivity (Wildman–Crippen MR) is 70.0 cm³/mol. The van der Waals surface area contributed by atoms with Crippen LogP contribution in [0, 0.1) is 12.8 Å². The summed E-state index contributed by atoms with van der Waals surface area (Å²) in [6, 6.07) is 0.197. The summed E-state index contributed by atoms with van der Waals surface area (Å²) >= 11 is 1.64. The minimum atomic E-state index is -2.76. The molecule has 1 aromatic heterocycles. The van der Waals surface area contributed by atoms with Crippen molar-refractivity contribution in [1.29, 1.82) is 0 Å². The molecule has 4 nitrogen and oxygen atoms in total. The molecule has 2 unspecified atom stereocenters. The second kappa shape index (κ2) is 5.04. The van der Waals surface area contributed by atoms with E-state index in [1.165, 1.54) is 0 Å². The van der Waals surface area contributed by atoms with E-state index in [1.54, 1.807) is 11.3 Å². The van der Waals surface area contributed by atoms with Crippen LogP contribution in [0.4, 0.5) is 0 Å². The zero-order valence-electron chi connectivity index (χ0n) is 10.1. The summed E-state index contributed by atoms with van der Waals surface area (Å²) in [6.45, 7) is 4.82. The van der Waals surface area contributed by atoms with Crippen molar-refractivity contribution < 1.29 is 8.42 Å². The van der Waals surface area contributed by atoms with Gasteiger partial charge in [-0.25, -0.2) is 13.4 Å². The zero-order valence-corrected chi connectivity index (χ0v) is 11.8. The van der Waals surface area contributed by atoms with Gasteiger partial charge in [-0.05, 0) is 32.7 Å². The summed E-state index contributed by atoms with van der Waals surface area (Å²) < 4.78 is 22.6. The number of aryl methyl sites for hydroxylation is 1. The lowest BCUT2D eigenvalue weighted by molar-refractivity contribution is 0.471. The smallest absolute Gasteiger partial charge is 0.150 e. The Hall–Kier alpha value is -0.460. The van der Waals surface area contributed by atoms with Crippen LogP contribution in [0.1, 0.15) is 30.1 Å². The fraction of sp³-hybridized carbons (Fsp3) is 0.727. The standard InChI is InChI=1S/C11H18N2O2S2/c1-8(11-6-16-9(2)13-11)12-5-10-3-4-17(14,15)7-10/h6,8,10,12H,3-5,7H2,1-2H3. The van der Waals surface area contributed by atoms with Gasteiger partial charge in [0, 0.05) is 11.4 Å². The van der Waals surface area contributed by atoms with Crippen molar-refractivity contribution in [2.45, 2.75) is 26.3 Å². The molecule has 1 aromatic rings. The van der Waals surface area contributed by atoms with Gasteiger partial charge in [0.05, 0.1) is 22.2 Å². The highest BCUT2D eigenvalue weighted by Gasteiger charge is 2.27. The van der Waals surface area contributed by atoms with Crippen molar-refractivity contribution in [2.24, 2.45) is 5.92 Å². The highest BCUT2D eigenvalue weighted by atomic mass is 32.2. The third-order valence-electron chi connectivity index (χ3n) is 3.12. The first kappa shape index (κ1) is 13.0. The van der Waals surface area contributed by atoms with E-state index >= 15 is 0 Å². The molecule has 1 N–H and O–H groups in total. The van der Waals surface area contributed by atoms with Gasteiger partial charge in [-0.15, -0.1) is 11.3 Å². The van der Waals surface area contributed by atoms with Crippen LogP contribution in [0.2, 0.25) is 0 Å². The van der Waals surface area contributed by atoms with Gasteiger partial charge in [0.2, 0.25) is 0 Å². The first-order valence-electron chi connectivity index (χ1n) is 5.82. The van der Waals surface area contributed by atoms with Crippen molar-refractivity contribution in [1.82, 2.24) is 10.3 Å². The van der Waals surface area contributed by atoms with Crippen LogP contribution in [0.5, 0.6) is 0 Å². The number of hydrogen-bond donors (Lipinski definition) is 1. The number of sulfone groups is 1. The number of aromatic nitrogens is 1. The van der Waals surface area contributed by atoms with Gasteiger partial charge in [0.25, 0.3) is 0 Å². The third-order valence-corrected chi connectivity index (χ3v) is 5.75. The summed E-state index contributed by atoms with van der Waals surface area (Å²) in [7, 11) is -2.76. The van der Waals surface area contributed by atoms with Gasteiger partial charge < -0.3 is 5.32 Å². The summed E-state index contributed by atoms with van der Waals surface area (Å²) in [5, 5.41) is 6.49. The molecule has 0 aromatic carbocycles. The molecule has 6 heteroatoms. The minimum Gasteiger partial charge on any atom is -0.309 e. The molecule has 0 amide bonds. The lowest BCUT2D eigenvalue weighted by atomic mass is 10.1. The van der Waals surface area contributed by atoms with Crippen LogP contribution >= 0.6 is 11.3 Å². The zero-order chi connectivity index (χ0) is 12.5. The Bertz CT molecular complexity index is 481. The van der Waals surface area contributed by atoms with Crippen LogP contribution in [0.3, 0.4) is 0 Å². The van der Waals surface area contributed by atoms with E-state index in [1.807, 2.05) is 6.92 Å². The fourth-order valence-electron chi connectivity index (χ4n) is 2.06. The van der Waals surface area contributed by atoms with E-state index < -0.39 is 9.84 Å². The largest absolute Gasteiger partial charge is 0.309 e. The molecular weight excluding hydrogens is 256 g/mol. The maximum atomic E-state index is 11.3. The van der Waals surface area contributed by atoms with Crippen molar-refractivity contribution in [3.63, 3.8) is 0 Å². The maximum absolute atomic E-state index is 11.3. The lowest BCUT2D eigenvalue weighted by Gasteiger charge is -2.14. The number of thiazole rings is 1. The number of nitrogens with one attached hydrogen (secondary N) is 1. The fourth-order valence-corrected chi connectivity index (χ4v) is 4.63. The number of hydrogen-bond acceptors (Lipinski definition) is 5. The van der Waals surface area contributed by atoms with Gasteiger partial charge >= 0.3 is 0 Å². The number of rotatable bonds is 4. The molecule has 1 fully saturated rings. The van der Waals surface area contributed by atoms with Crippen LogP contribution in [0.25, 0.3) is 0 Å². The first-order valence-corrected chi connectivity index (χ1v) is 8.52. The molecule has 0 saturated carbocycles. The average Bonchev–Trinajstić information content (AvgIpc) is 2.81. The molecule has 1 saturated heterocycles. The minimum absolute atomic E-state index is 0.197. The van der Waals surface area contributed by atoms with Crippen molar-refractivity contribution in [3.05, 3.63) is 16.1 Å². The van der Waals surface area contributed by atoms with Crippen molar-refractivity contribution in [2.75, 3.05) is 18.1 Å². The van der Waals surface area contributed by atoms with Gasteiger partial charge in [0.1, 0.15) is 0 Å². The maximum Gasteiger partial charge on any atom is 0.150 e. The SMILES string of the molecule is Cc1nc(C(C)NCC2CCS(=O)(=O)C2)cs1. The van der Waals surface area contributed by atoms with Gasteiger partial charge in [0.15, 0.2) is 9.84 Å². The normalized spacial score (nSPS) is 24.9. The molecular formula is C11H18N2O2S2. The second-order valence-corrected chi connectivity index (χ2v) is 7.98. The van der Waals surface area contributed by atoms with E-state index in [9.17, 15) is 8.42 Å². The van der Waals surface area contributed by atoms with Gasteiger partial charge in [-0.2, -0.15) is 0 Å². The molecule has 2 atom stereocenters. The Morgan fingerprint density at radius 1 is 1.65 bits per heavy atom. The first-order chi connectivity index (χ1) is 7.96. The van der Waals surface area contributed by atoms with E-state index in [-0.39, 0.29) is 12.0 Å². The Kier molecular flexibility index (Phi) is 3.85. The van der Waals surface area contributed by atoms with Crippen LogP contribution < -0.4 is 5.32 Å². The summed E-state index contributed by atoms with van der Waals surface area (Å²) in [4.78, 5) is 4.42. The van der Waals surface area contributed by atoms with Gasteiger partial charge in [-0.1, -0.05) is 0 Å². The van der Waals surface area contributed by atoms with Crippen molar-refractivity contribution in [3.8, 4) is 0 Å². The third kappa shape index (κ3) is 3.50. The average molecular weight is 274 g/mol. The molecule has 1 aliphatic heterocycles. The Morgan fingerprint density at radius 2 is 2.41 bits per heavy atom. The highest BCUT2D eigenvalue weighted by Crippen LogP contribution is 2.20. The molecule has 1 aliphatic rings. The summed E-state index contributed by atoms with van der Waals surface area (Å²) in [6.07, 6.45) is 0.790. The predicted octanol–water partition coefficient (Wildman–Crippen LogP) is 1.54. The summed E-state index contributed by atoms with van der Waals surface area (Å²) in [5.41, 5.74) is 1.05. The van der Waals surface area contributed by atoms with E-state index in [2.05, 4.69) is 22.6 Å². The monoisotopic (exact) mass is 274 g/mol. The Morgan fingerprint density at radius 3 is 2.94 bits per heavy atom. The molecule has 17 heavy (non-hydrogen) atoms. The van der Waals surface area contributed by atoms with E-state index in [4.69, 9.17) is 0 Å². The van der Waals surface area contributed by atoms with Crippen molar-refractivity contribution >= 4 is 21.2 Å². The molecule has 96 valence electrons. The molecule has 2 rings (SSSR count). The topological polar surface area (TPSA) is 59.1 Å². The second-order valence-electron chi connectivity index (χ2n) is 4.69. The molecule has 0 radical (unpaired) electrons. The molecule has 0 aliphatic carbocycles. The van der Waals surface area contributed by atoms with Gasteiger partial charge in [-0.3, -0.25) is 0 Å². The quantitative estimate of drug-likeness (QED) is 0.904. The van der Waals surface area contributed by atoms with E-state index in [0.717, 1.165) is 23.7 Å². The summed E-state index contributed by atoms with van der Waals surface area (Å²) in [5.74, 6) is 0.953. The Balaban J connectivity index is 1.83. The molecule has 0 spiro atoms. The van der Waals surface area contributed by atoms with Crippen LogP contribution in [-0.4, -0.2) is 31.5 Å². The number of nitrogens with zero attached hydrogens (tertiary/aromatic N) is 1. The lowest BCUT2D eigenvalue weighted by Crippen LogP contribution is -2.26. The Labute approximate surface area is 106 Å². The molecule has 2 heterocycles. The van der Waals surface area contributed by atoms with Crippen LogP contribution in [0.15, 0.2) is 5.38 Å². The van der Waals surface area contributed by atoms with E-state index in [0.29, 0.717) is 11.5 Å². The van der Waals surface area contributed by atoms with Crippen LogP contribution in [-0.2, 0) is 9.84 Å². The molecule has 0 bridgehead atoms. The highest BCUT2D eigenvalue weighted by molar-refractivity contribution is 7.91.